The van der Waals surface area contributed by atoms with Crippen molar-refractivity contribution in [3.8, 4) is 23.0 Å². The summed E-state index contributed by atoms with van der Waals surface area (Å²) in [6, 6.07) is 12.8. The van der Waals surface area contributed by atoms with Gasteiger partial charge in [-0.1, -0.05) is 24.8 Å². The summed E-state index contributed by atoms with van der Waals surface area (Å²) in [5.74, 6) is -0.121. The Bertz CT molecular complexity index is 1400. The summed E-state index contributed by atoms with van der Waals surface area (Å²) in [6.45, 7) is 5.67. The van der Waals surface area contributed by atoms with Crippen LogP contribution in [0.2, 0.25) is 0 Å². The molecule has 0 aliphatic carbocycles. The molecule has 1 atom stereocenters. The van der Waals surface area contributed by atoms with Crippen LogP contribution in [-0.2, 0) is 16.1 Å². The van der Waals surface area contributed by atoms with Crippen LogP contribution < -0.4 is 29.0 Å². The highest BCUT2D eigenvalue weighted by Gasteiger charge is 2.44. The van der Waals surface area contributed by atoms with Gasteiger partial charge in [0.2, 0.25) is 5.78 Å². The molecule has 2 aliphatic rings. The van der Waals surface area contributed by atoms with Gasteiger partial charge in [0.25, 0.3) is 5.91 Å². The molecule has 3 heterocycles. The van der Waals surface area contributed by atoms with Crippen molar-refractivity contribution < 1.29 is 38.6 Å². The number of rotatable bonds is 9. The highest BCUT2D eigenvalue weighted by molar-refractivity contribution is 6.46. The van der Waals surface area contributed by atoms with E-state index >= 15 is 0 Å². The molecule has 9 nitrogen and oxygen atoms in total. The van der Waals surface area contributed by atoms with E-state index in [1.165, 1.54) is 4.90 Å². The van der Waals surface area contributed by atoms with Gasteiger partial charge in [-0.2, -0.15) is 0 Å². The maximum Gasteiger partial charge on any atom is 0.295 e. The molecule has 1 saturated heterocycles. The summed E-state index contributed by atoms with van der Waals surface area (Å²) in [5.41, 5.74) is 1.47. The Morgan fingerprint density at radius 3 is 2.59 bits per heavy atom. The van der Waals surface area contributed by atoms with Crippen molar-refractivity contribution in [2.24, 2.45) is 0 Å². The molecule has 2 aliphatic heterocycles. The fourth-order valence-electron chi connectivity index (χ4n) is 4.74. The summed E-state index contributed by atoms with van der Waals surface area (Å²) >= 11 is 0. The SMILES string of the molecule is CCCOc1ccc(C2C(=C([O-])c3ccc4c(c3)OCCO4)C(=O)C(=O)N2Cc2ccc[nH+]c2)cc1OCC. The van der Waals surface area contributed by atoms with Gasteiger partial charge in [0.15, 0.2) is 35.4 Å². The fraction of sp³-hybridized carbons (Fsp3) is 0.300. The van der Waals surface area contributed by atoms with E-state index < -0.39 is 23.5 Å². The number of benzene rings is 2. The third kappa shape index (κ3) is 5.25. The molecule has 0 radical (unpaired) electrons. The first kappa shape index (κ1) is 26.1. The molecule has 1 unspecified atom stereocenters. The van der Waals surface area contributed by atoms with Crippen LogP contribution in [0.5, 0.6) is 23.0 Å². The molecule has 5 rings (SSSR count). The first-order valence-electron chi connectivity index (χ1n) is 13.0. The number of ether oxygens (including phenoxy) is 4. The van der Waals surface area contributed by atoms with Gasteiger partial charge in [0, 0.05) is 17.2 Å². The molecule has 202 valence electrons. The number of hydrogen-bond donors (Lipinski definition) is 0. The quantitative estimate of drug-likeness (QED) is 0.238. The number of fused-ring (bicyclic) bond motifs is 1. The largest absolute Gasteiger partial charge is 0.872 e. The first-order chi connectivity index (χ1) is 19.0. The number of pyridine rings is 1. The Kier molecular flexibility index (Phi) is 7.67. The predicted molar refractivity (Wildman–Crippen MR) is 139 cm³/mol. The lowest BCUT2D eigenvalue weighted by Gasteiger charge is -2.28. The van der Waals surface area contributed by atoms with Crippen molar-refractivity contribution >= 4 is 17.4 Å². The maximum absolute atomic E-state index is 13.9. The molecule has 39 heavy (non-hydrogen) atoms. The second kappa shape index (κ2) is 11.5. The number of H-pyrrole nitrogens is 1. The lowest BCUT2D eigenvalue weighted by molar-refractivity contribution is -0.378. The van der Waals surface area contributed by atoms with Crippen LogP contribution in [0.1, 0.15) is 43.0 Å². The lowest BCUT2D eigenvalue weighted by atomic mass is 9.94. The van der Waals surface area contributed by atoms with E-state index in [0.717, 1.165) is 12.0 Å². The van der Waals surface area contributed by atoms with Gasteiger partial charge in [0.1, 0.15) is 13.2 Å². The van der Waals surface area contributed by atoms with Crippen LogP contribution in [0.4, 0.5) is 0 Å². The zero-order valence-corrected chi connectivity index (χ0v) is 21.9. The molecule has 0 saturated carbocycles. The second-order valence-corrected chi connectivity index (χ2v) is 9.17. The molecule has 1 N–H and O–H groups in total. The standard InChI is InChI=1S/C30H30N2O7/c1-3-12-37-22-9-7-20(15-24(22)36-4-2)27-26(28(33)21-8-10-23-25(16-21)39-14-13-38-23)29(34)30(35)32(27)18-19-6-5-11-31-17-19/h5-11,15-17,27,33H,3-4,12-14,18H2,1-2H3. The maximum atomic E-state index is 13.9. The van der Waals surface area contributed by atoms with Crippen molar-refractivity contribution in [3.63, 3.8) is 0 Å². The summed E-state index contributed by atoms with van der Waals surface area (Å²) < 4.78 is 22.9. The van der Waals surface area contributed by atoms with Crippen molar-refractivity contribution in [1.29, 1.82) is 0 Å². The zero-order chi connectivity index (χ0) is 27.4. The highest BCUT2D eigenvalue weighted by atomic mass is 16.6. The Hall–Kier alpha value is -4.53. The average Bonchev–Trinajstić information content (AvgIpc) is 3.21. The van der Waals surface area contributed by atoms with Gasteiger partial charge in [-0.15, -0.1) is 0 Å². The summed E-state index contributed by atoms with van der Waals surface area (Å²) in [6.07, 6.45) is 4.33. The van der Waals surface area contributed by atoms with Gasteiger partial charge in [-0.25, -0.2) is 4.98 Å². The van der Waals surface area contributed by atoms with E-state index in [-0.39, 0.29) is 17.7 Å². The number of likely N-dealkylation sites (tertiary alicyclic amines) is 1. The van der Waals surface area contributed by atoms with Crippen molar-refractivity contribution in [2.45, 2.75) is 32.9 Å². The summed E-state index contributed by atoms with van der Waals surface area (Å²) in [4.78, 5) is 31.3. The van der Waals surface area contributed by atoms with E-state index in [0.29, 0.717) is 55.0 Å². The molecule has 1 amide bonds. The normalized spacial score (nSPS) is 17.8. The van der Waals surface area contributed by atoms with E-state index in [2.05, 4.69) is 4.98 Å². The van der Waals surface area contributed by atoms with Crippen LogP contribution in [-0.4, -0.2) is 43.0 Å². The van der Waals surface area contributed by atoms with E-state index in [9.17, 15) is 14.7 Å². The molecule has 1 fully saturated rings. The first-order valence-corrected chi connectivity index (χ1v) is 13.0. The zero-order valence-electron chi connectivity index (χ0n) is 21.9. The second-order valence-electron chi connectivity index (χ2n) is 9.17. The molecule has 1 aromatic heterocycles. The van der Waals surface area contributed by atoms with Gasteiger partial charge >= 0.3 is 0 Å². The Morgan fingerprint density at radius 1 is 1.03 bits per heavy atom. The average molecular weight is 531 g/mol. The van der Waals surface area contributed by atoms with Crippen LogP contribution in [0.25, 0.3) is 5.76 Å². The molecule has 2 aromatic carbocycles. The van der Waals surface area contributed by atoms with Crippen LogP contribution in [0, 0.1) is 0 Å². The number of carbonyl (C=O) groups is 2. The van der Waals surface area contributed by atoms with Gasteiger partial charge in [-0.05, 0) is 54.8 Å². The number of amides is 1. The lowest BCUT2D eigenvalue weighted by Crippen LogP contribution is -2.29. The minimum absolute atomic E-state index is 0.124. The Balaban J connectivity index is 1.63. The topological polar surface area (TPSA) is 111 Å². The van der Waals surface area contributed by atoms with Crippen molar-refractivity contribution in [1.82, 2.24) is 4.90 Å². The number of hydrogen-bond acceptors (Lipinski definition) is 7. The number of Topliss-reactive ketones (excluding diaryl/α,β-unsaturated/α-hetero) is 1. The number of carbonyl (C=O) groups excluding carboxylic acids is 2. The number of nitrogens with zero attached hydrogens (tertiary/aromatic N) is 1. The van der Waals surface area contributed by atoms with Crippen LogP contribution in [0.3, 0.4) is 0 Å². The van der Waals surface area contributed by atoms with E-state index in [1.807, 2.05) is 26.0 Å². The Morgan fingerprint density at radius 2 is 1.85 bits per heavy atom. The molecular formula is C30H30N2O7. The molecule has 3 aromatic rings. The van der Waals surface area contributed by atoms with E-state index in [1.54, 1.807) is 48.8 Å². The number of ketones is 1. The molecule has 0 bridgehead atoms. The summed E-state index contributed by atoms with van der Waals surface area (Å²) in [7, 11) is 0. The molecule has 0 spiro atoms. The van der Waals surface area contributed by atoms with Gasteiger partial charge in [0.05, 0.1) is 25.8 Å². The molecular weight excluding hydrogens is 500 g/mol. The minimum atomic E-state index is -0.926. The number of aromatic nitrogens is 1. The predicted octanol–water partition coefficient (Wildman–Crippen LogP) is 2.88. The smallest absolute Gasteiger partial charge is 0.295 e. The third-order valence-electron chi connectivity index (χ3n) is 6.50. The van der Waals surface area contributed by atoms with Gasteiger partial charge in [-0.3, -0.25) is 9.59 Å². The highest BCUT2D eigenvalue weighted by Crippen LogP contribution is 2.43. The van der Waals surface area contributed by atoms with Crippen molar-refractivity contribution in [3.05, 3.63) is 83.2 Å². The third-order valence-corrected chi connectivity index (χ3v) is 6.50. The number of nitrogens with one attached hydrogen (secondary N) is 1. The fourth-order valence-corrected chi connectivity index (χ4v) is 4.74. The van der Waals surface area contributed by atoms with Gasteiger partial charge < -0.3 is 29.0 Å². The van der Waals surface area contributed by atoms with E-state index in [4.69, 9.17) is 18.9 Å². The number of aromatic amines is 1. The monoisotopic (exact) mass is 530 g/mol. The van der Waals surface area contributed by atoms with Crippen LogP contribution >= 0.6 is 0 Å². The minimum Gasteiger partial charge on any atom is -0.872 e. The van der Waals surface area contributed by atoms with Crippen molar-refractivity contribution in [2.75, 3.05) is 26.4 Å². The Labute approximate surface area is 226 Å². The summed E-state index contributed by atoms with van der Waals surface area (Å²) in [5, 5.41) is 13.9. The van der Waals surface area contributed by atoms with Crippen LogP contribution in [0.15, 0.2) is 66.5 Å². The molecule has 9 heteroatoms.